The van der Waals surface area contributed by atoms with E-state index in [4.69, 9.17) is 16.3 Å². The molecule has 0 radical (unpaired) electrons. The molecule has 0 aliphatic heterocycles. The van der Waals surface area contributed by atoms with Gasteiger partial charge in [0.25, 0.3) is 0 Å². The molecule has 1 heterocycles. The topological polar surface area (TPSA) is 44.1 Å². The maximum Gasteiger partial charge on any atom is 0.341 e. The standard InChI is InChI=1S/C12H10ClFN2O2/c1-16-6-9(5-15-16)12(17)18-7-8-2-3-10(14)4-11(8)13/h2-6H,7H2,1H3. The van der Waals surface area contributed by atoms with Crippen LogP contribution in [0.1, 0.15) is 15.9 Å². The van der Waals surface area contributed by atoms with Crippen molar-refractivity contribution in [3.05, 3.63) is 52.6 Å². The van der Waals surface area contributed by atoms with E-state index in [-0.39, 0.29) is 11.6 Å². The third-order valence-electron chi connectivity index (χ3n) is 2.31. The lowest BCUT2D eigenvalue weighted by molar-refractivity contribution is 0.0473. The molecule has 0 aliphatic rings. The van der Waals surface area contributed by atoms with Crippen LogP contribution in [-0.4, -0.2) is 15.7 Å². The molecule has 18 heavy (non-hydrogen) atoms. The van der Waals surface area contributed by atoms with Gasteiger partial charge >= 0.3 is 5.97 Å². The zero-order valence-corrected chi connectivity index (χ0v) is 10.3. The summed E-state index contributed by atoms with van der Waals surface area (Å²) in [7, 11) is 1.70. The Labute approximate surface area is 108 Å². The largest absolute Gasteiger partial charge is 0.457 e. The first-order valence-corrected chi connectivity index (χ1v) is 5.54. The summed E-state index contributed by atoms with van der Waals surface area (Å²) >= 11 is 5.82. The summed E-state index contributed by atoms with van der Waals surface area (Å²) in [6, 6.07) is 3.92. The number of carbonyl (C=O) groups is 1. The highest BCUT2D eigenvalue weighted by Gasteiger charge is 2.10. The Hall–Kier alpha value is -1.88. The van der Waals surface area contributed by atoms with Gasteiger partial charge in [0.1, 0.15) is 12.4 Å². The van der Waals surface area contributed by atoms with E-state index in [1.54, 1.807) is 13.2 Å². The van der Waals surface area contributed by atoms with E-state index in [1.165, 1.54) is 29.1 Å². The van der Waals surface area contributed by atoms with Gasteiger partial charge in [-0.2, -0.15) is 5.10 Å². The van der Waals surface area contributed by atoms with Crippen LogP contribution in [0.5, 0.6) is 0 Å². The van der Waals surface area contributed by atoms with E-state index < -0.39 is 11.8 Å². The van der Waals surface area contributed by atoms with Crippen molar-refractivity contribution in [2.75, 3.05) is 0 Å². The maximum absolute atomic E-state index is 12.8. The van der Waals surface area contributed by atoms with E-state index in [9.17, 15) is 9.18 Å². The van der Waals surface area contributed by atoms with Gasteiger partial charge in [0.05, 0.1) is 16.8 Å². The van der Waals surface area contributed by atoms with Crippen molar-refractivity contribution in [2.45, 2.75) is 6.61 Å². The van der Waals surface area contributed by atoms with Crippen LogP contribution in [0.4, 0.5) is 4.39 Å². The molecule has 1 aromatic heterocycles. The van der Waals surface area contributed by atoms with E-state index in [0.29, 0.717) is 11.1 Å². The van der Waals surface area contributed by atoms with Crippen molar-refractivity contribution in [1.82, 2.24) is 9.78 Å². The molecular formula is C12H10ClFN2O2. The fourth-order valence-corrected chi connectivity index (χ4v) is 1.61. The van der Waals surface area contributed by atoms with Crippen molar-refractivity contribution in [2.24, 2.45) is 7.05 Å². The number of ether oxygens (including phenoxy) is 1. The summed E-state index contributed by atoms with van der Waals surface area (Å²) in [5, 5.41) is 4.09. The van der Waals surface area contributed by atoms with Crippen molar-refractivity contribution in [3.63, 3.8) is 0 Å². The summed E-state index contributed by atoms with van der Waals surface area (Å²) in [4.78, 5) is 11.6. The molecule has 0 fully saturated rings. The predicted octanol–water partition coefficient (Wildman–Crippen LogP) is 2.57. The van der Waals surface area contributed by atoms with Crippen molar-refractivity contribution in [3.8, 4) is 0 Å². The average molecular weight is 269 g/mol. The maximum atomic E-state index is 12.8. The predicted molar refractivity (Wildman–Crippen MR) is 63.7 cm³/mol. The van der Waals surface area contributed by atoms with Gasteiger partial charge in [-0.1, -0.05) is 17.7 Å². The van der Waals surface area contributed by atoms with Crippen LogP contribution in [-0.2, 0) is 18.4 Å². The van der Waals surface area contributed by atoms with E-state index in [2.05, 4.69) is 5.10 Å². The molecule has 0 saturated heterocycles. The summed E-state index contributed by atoms with van der Waals surface area (Å²) in [5.41, 5.74) is 0.908. The van der Waals surface area contributed by atoms with Crippen molar-refractivity contribution < 1.29 is 13.9 Å². The fraction of sp³-hybridized carbons (Fsp3) is 0.167. The Bertz CT molecular complexity index is 583. The number of esters is 1. The molecule has 0 bridgehead atoms. The van der Waals surface area contributed by atoms with Crippen molar-refractivity contribution in [1.29, 1.82) is 0 Å². The van der Waals surface area contributed by atoms with Gasteiger partial charge in [-0.25, -0.2) is 9.18 Å². The molecular weight excluding hydrogens is 259 g/mol. The number of halogens is 2. The zero-order chi connectivity index (χ0) is 13.1. The summed E-state index contributed by atoms with van der Waals surface area (Å²) in [6.07, 6.45) is 2.96. The number of hydrogen-bond acceptors (Lipinski definition) is 3. The highest BCUT2D eigenvalue weighted by Crippen LogP contribution is 2.18. The second-order valence-corrected chi connectivity index (χ2v) is 4.12. The lowest BCUT2D eigenvalue weighted by atomic mass is 10.2. The van der Waals surface area contributed by atoms with Gasteiger partial charge in [-0.05, 0) is 12.1 Å². The number of aryl methyl sites for hydroxylation is 1. The SMILES string of the molecule is Cn1cc(C(=O)OCc2ccc(F)cc2Cl)cn1. The van der Waals surface area contributed by atoms with Crippen LogP contribution in [0.3, 0.4) is 0 Å². The highest BCUT2D eigenvalue weighted by molar-refractivity contribution is 6.31. The fourth-order valence-electron chi connectivity index (χ4n) is 1.39. The summed E-state index contributed by atoms with van der Waals surface area (Å²) in [5.74, 6) is -0.925. The monoisotopic (exact) mass is 268 g/mol. The third-order valence-corrected chi connectivity index (χ3v) is 2.67. The Morgan fingerprint density at radius 2 is 2.33 bits per heavy atom. The average Bonchev–Trinajstić information content (AvgIpc) is 2.74. The number of nitrogens with zero attached hydrogens (tertiary/aromatic N) is 2. The first-order valence-electron chi connectivity index (χ1n) is 5.16. The number of carbonyl (C=O) groups excluding carboxylic acids is 1. The Morgan fingerprint density at radius 3 is 2.94 bits per heavy atom. The van der Waals surface area contributed by atoms with Gasteiger partial charge in [0, 0.05) is 18.8 Å². The highest BCUT2D eigenvalue weighted by atomic mass is 35.5. The van der Waals surface area contributed by atoms with Crippen molar-refractivity contribution >= 4 is 17.6 Å². The van der Waals surface area contributed by atoms with Gasteiger partial charge in [-0.3, -0.25) is 4.68 Å². The van der Waals surface area contributed by atoms with Gasteiger partial charge in [0.15, 0.2) is 0 Å². The number of benzene rings is 1. The molecule has 0 saturated carbocycles. The zero-order valence-electron chi connectivity index (χ0n) is 9.56. The Morgan fingerprint density at radius 1 is 1.56 bits per heavy atom. The molecule has 94 valence electrons. The molecule has 0 atom stereocenters. The Balaban J connectivity index is 2.01. The van der Waals surface area contributed by atoms with Crippen LogP contribution in [0.25, 0.3) is 0 Å². The molecule has 0 unspecified atom stereocenters. The molecule has 2 aromatic rings. The summed E-state index contributed by atoms with van der Waals surface area (Å²) in [6.45, 7) is -0.00710. The molecule has 1 aromatic carbocycles. The lowest BCUT2D eigenvalue weighted by Gasteiger charge is -2.05. The molecule has 0 amide bonds. The molecule has 4 nitrogen and oxygen atoms in total. The van der Waals surface area contributed by atoms with E-state index in [0.717, 1.165) is 0 Å². The molecule has 2 rings (SSSR count). The van der Waals surface area contributed by atoms with Gasteiger partial charge in [-0.15, -0.1) is 0 Å². The minimum absolute atomic E-state index is 0.00710. The lowest BCUT2D eigenvalue weighted by Crippen LogP contribution is -2.04. The molecule has 0 N–H and O–H groups in total. The van der Waals surface area contributed by atoms with Gasteiger partial charge < -0.3 is 4.74 Å². The molecule has 0 aliphatic carbocycles. The number of rotatable bonds is 3. The van der Waals surface area contributed by atoms with Crippen LogP contribution in [0.2, 0.25) is 5.02 Å². The Kier molecular flexibility index (Phi) is 3.62. The second kappa shape index (κ2) is 5.18. The minimum Gasteiger partial charge on any atom is -0.457 e. The van der Waals surface area contributed by atoms with Crippen LogP contribution < -0.4 is 0 Å². The van der Waals surface area contributed by atoms with Crippen LogP contribution >= 0.6 is 11.6 Å². The van der Waals surface area contributed by atoms with E-state index in [1.807, 2.05) is 0 Å². The van der Waals surface area contributed by atoms with E-state index >= 15 is 0 Å². The van der Waals surface area contributed by atoms with Gasteiger partial charge in [0.2, 0.25) is 0 Å². The quantitative estimate of drug-likeness (QED) is 0.804. The van der Waals surface area contributed by atoms with Crippen LogP contribution in [0.15, 0.2) is 30.6 Å². The summed E-state index contributed by atoms with van der Waals surface area (Å²) < 4.78 is 19.4. The second-order valence-electron chi connectivity index (χ2n) is 3.71. The molecule has 6 heteroatoms. The minimum atomic E-state index is -0.497. The number of aromatic nitrogens is 2. The number of hydrogen-bond donors (Lipinski definition) is 0. The first kappa shape index (κ1) is 12.6. The van der Waals surface area contributed by atoms with Crippen LogP contribution in [0, 0.1) is 5.82 Å². The smallest absolute Gasteiger partial charge is 0.341 e. The third kappa shape index (κ3) is 2.87. The molecule has 0 spiro atoms. The first-order chi connectivity index (χ1) is 8.56. The normalized spacial score (nSPS) is 10.4.